The van der Waals surface area contributed by atoms with E-state index in [1.807, 2.05) is 67.6 Å². The van der Waals surface area contributed by atoms with Crippen molar-refractivity contribution in [1.29, 1.82) is 0 Å². The van der Waals surface area contributed by atoms with Gasteiger partial charge in [0.1, 0.15) is 5.01 Å². The fourth-order valence-corrected chi connectivity index (χ4v) is 3.89. The Bertz CT molecular complexity index is 1160. The summed E-state index contributed by atoms with van der Waals surface area (Å²) in [6.45, 7) is 2.52. The van der Waals surface area contributed by atoms with E-state index in [2.05, 4.69) is 35.0 Å². The van der Waals surface area contributed by atoms with E-state index in [4.69, 9.17) is 4.98 Å². The van der Waals surface area contributed by atoms with Crippen LogP contribution in [0.25, 0.3) is 27.9 Å². The zero-order chi connectivity index (χ0) is 20.8. The molecular formula is C26H22N2OS. The molecule has 1 aromatic heterocycles. The molecule has 0 aliphatic rings. The average Bonchev–Trinajstić information content (AvgIpc) is 3.29. The van der Waals surface area contributed by atoms with Gasteiger partial charge in [-0.05, 0) is 30.2 Å². The van der Waals surface area contributed by atoms with Crippen LogP contribution in [0.2, 0.25) is 0 Å². The molecular weight excluding hydrogens is 388 g/mol. The van der Waals surface area contributed by atoms with Crippen molar-refractivity contribution in [3.8, 4) is 21.8 Å². The van der Waals surface area contributed by atoms with Crippen molar-refractivity contribution in [1.82, 2.24) is 10.3 Å². The van der Waals surface area contributed by atoms with Crippen LogP contribution in [0.15, 0.2) is 90.3 Å². The molecule has 0 saturated carbocycles. The van der Waals surface area contributed by atoms with E-state index >= 15 is 0 Å². The molecule has 148 valence electrons. The third-order valence-corrected chi connectivity index (χ3v) is 5.61. The zero-order valence-corrected chi connectivity index (χ0v) is 17.5. The smallest absolute Gasteiger partial charge is 0.244 e. The summed E-state index contributed by atoms with van der Waals surface area (Å²) in [5.41, 5.74) is 6.41. The van der Waals surface area contributed by atoms with Crippen molar-refractivity contribution in [3.05, 3.63) is 107 Å². The van der Waals surface area contributed by atoms with Gasteiger partial charge in [0.2, 0.25) is 5.91 Å². The highest BCUT2D eigenvalue weighted by atomic mass is 32.1. The van der Waals surface area contributed by atoms with Crippen molar-refractivity contribution < 1.29 is 4.79 Å². The summed E-state index contributed by atoms with van der Waals surface area (Å²) >= 11 is 1.63. The fourth-order valence-electron chi connectivity index (χ4n) is 3.06. The van der Waals surface area contributed by atoms with Gasteiger partial charge in [0.25, 0.3) is 0 Å². The highest BCUT2D eigenvalue weighted by Crippen LogP contribution is 2.29. The second kappa shape index (κ2) is 9.33. The van der Waals surface area contributed by atoms with E-state index in [1.54, 1.807) is 17.4 Å². The number of benzene rings is 3. The minimum atomic E-state index is -0.110. The quantitative estimate of drug-likeness (QED) is 0.389. The molecule has 1 N–H and O–H groups in total. The number of aromatic nitrogens is 1. The van der Waals surface area contributed by atoms with Crippen molar-refractivity contribution in [2.45, 2.75) is 13.5 Å². The van der Waals surface area contributed by atoms with Crippen LogP contribution >= 0.6 is 11.3 Å². The van der Waals surface area contributed by atoms with E-state index in [0.717, 1.165) is 33.0 Å². The first-order valence-corrected chi connectivity index (χ1v) is 10.7. The van der Waals surface area contributed by atoms with Crippen LogP contribution in [0.5, 0.6) is 0 Å². The van der Waals surface area contributed by atoms with Gasteiger partial charge in [-0.25, -0.2) is 4.98 Å². The van der Waals surface area contributed by atoms with E-state index in [0.29, 0.717) is 6.54 Å². The Morgan fingerprint density at radius 3 is 2.53 bits per heavy atom. The number of hydrogen-bond acceptors (Lipinski definition) is 3. The van der Waals surface area contributed by atoms with Crippen molar-refractivity contribution in [3.63, 3.8) is 0 Å². The zero-order valence-electron chi connectivity index (χ0n) is 16.7. The molecule has 0 aliphatic heterocycles. The molecule has 4 aromatic rings. The van der Waals surface area contributed by atoms with Gasteiger partial charge in [-0.2, -0.15) is 0 Å². The molecule has 1 amide bonds. The lowest BCUT2D eigenvalue weighted by Gasteiger charge is -2.05. The Hall–Kier alpha value is -3.50. The lowest BCUT2D eigenvalue weighted by atomic mass is 10.1. The molecule has 0 aliphatic carbocycles. The molecule has 1 heterocycles. The summed E-state index contributed by atoms with van der Waals surface area (Å²) in [7, 11) is 0. The Morgan fingerprint density at radius 2 is 1.73 bits per heavy atom. The van der Waals surface area contributed by atoms with Crippen LogP contribution in [0, 0.1) is 6.92 Å². The van der Waals surface area contributed by atoms with Crippen LogP contribution in [-0.2, 0) is 11.3 Å². The molecule has 3 aromatic carbocycles. The monoisotopic (exact) mass is 410 g/mol. The van der Waals surface area contributed by atoms with Crippen LogP contribution in [0.3, 0.4) is 0 Å². The minimum absolute atomic E-state index is 0.110. The number of thiazole rings is 1. The predicted octanol–water partition coefficient (Wildman–Crippen LogP) is 6.12. The van der Waals surface area contributed by atoms with Crippen molar-refractivity contribution >= 4 is 23.3 Å². The second-order valence-corrected chi connectivity index (χ2v) is 7.92. The van der Waals surface area contributed by atoms with Gasteiger partial charge in [0, 0.05) is 29.1 Å². The number of hydrogen-bond donors (Lipinski definition) is 1. The largest absolute Gasteiger partial charge is 0.348 e. The molecule has 4 heteroatoms. The number of aryl methyl sites for hydroxylation is 1. The normalized spacial score (nSPS) is 11.0. The molecule has 4 rings (SSSR count). The fraction of sp³-hybridized carbons (Fsp3) is 0.0769. The Balaban J connectivity index is 1.39. The summed E-state index contributed by atoms with van der Waals surface area (Å²) in [5, 5.41) is 6.00. The maximum atomic E-state index is 12.2. The predicted molar refractivity (Wildman–Crippen MR) is 125 cm³/mol. The number of nitrogens with one attached hydrogen (secondary N) is 1. The Labute approximate surface area is 180 Å². The van der Waals surface area contributed by atoms with E-state index < -0.39 is 0 Å². The van der Waals surface area contributed by atoms with Gasteiger partial charge in [-0.1, -0.05) is 78.4 Å². The molecule has 0 bridgehead atoms. The highest BCUT2D eigenvalue weighted by molar-refractivity contribution is 7.13. The van der Waals surface area contributed by atoms with E-state index in [9.17, 15) is 4.79 Å². The summed E-state index contributed by atoms with van der Waals surface area (Å²) in [6, 6.07) is 26.4. The standard InChI is InChI=1S/C26H22N2OS/c1-19-10-12-20(13-11-19)14-15-25(29)27-17-21-6-5-9-23(16-21)26-28-24(18-30-26)22-7-3-2-4-8-22/h2-16,18H,17H2,1H3,(H,27,29)/b15-14+. The summed E-state index contributed by atoms with van der Waals surface area (Å²) in [4.78, 5) is 16.9. The lowest BCUT2D eigenvalue weighted by Crippen LogP contribution is -2.20. The first-order valence-electron chi connectivity index (χ1n) is 9.80. The molecule has 30 heavy (non-hydrogen) atoms. The first kappa shape index (κ1) is 19.8. The van der Waals surface area contributed by atoms with Crippen LogP contribution in [0.4, 0.5) is 0 Å². The molecule has 0 saturated heterocycles. The summed E-state index contributed by atoms with van der Waals surface area (Å²) in [6.07, 6.45) is 3.40. The van der Waals surface area contributed by atoms with Crippen LogP contribution < -0.4 is 5.32 Å². The topological polar surface area (TPSA) is 42.0 Å². The van der Waals surface area contributed by atoms with Crippen LogP contribution in [-0.4, -0.2) is 10.9 Å². The number of carbonyl (C=O) groups is 1. The molecule has 0 atom stereocenters. The SMILES string of the molecule is Cc1ccc(/C=C/C(=O)NCc2cccc(-c3nc(-c4ccccc4)cs3)c2)cc1. The third-order valence-electron chi connectivity index (χ3n) is 4.72. The number of rotatable bonds is 6. The number of amides is 1. The van der Waals surface area contributed by atoms with Gasteiger partial charge in [-0.15, -0.1) is 11.3 Å². The molecule has 0 fully saturated rings. The van der Waals surface area contributed by atoms with Gasteiger partial charge < -0.3 is 5.32 Å². The Kier molecular flexibility index (Phi) is 6.16. The summed E-state index contributed by atoms with van der Waals surface area (Å²) < 4.78 is 0. The number of carbonyl (C=O) groups excluding carboxylic acids is 1. The Morgan fingerprint density at radius 1 is 0.967 bits per heavy atom. The maximum Gasteiger partial charge on any atom is 0.244 e. The van der Waals surface area contributed by atoms with Gasteiger partial charge in [0.05, 0.1) is 5.69 Å². The van der Waals surface area contributed by atoms with Crippen LogP contribution in [0.1, 0.15) is 16.7 Å². The maximum absolute atomic E-state index is 12.2. The van der Waals surface area contributed by atoms with Crippen molar-refractivity contribution in [2.24, 2.45) is 0 Å². The second-order valence-electron chi connectivity index (χ2n) is 7.07. The van der Waals surface area contributed by atoms with E-state index in [-0.39, 0.29) is 5.91 Å². The highest BCUT2D eigenvalue weighted by Gasteiger charge is 2.07. The van der Waals surface area contributed by atoms with Crippen molar-refractivity contribution in [2.75, 3.05) is 0 Å². The van der Waals surface area contributed by atoms with Gasteiger partial charge >= 0.3 is 0 Å². The molecule has 0 radical (unpaired) electrons. The third kappa shape index (κ3) is 5.10. The number of nitrogens with zero attached hydrogens (tertiary/aromatic N) is 1. The van der Waals surface area contributed by atoms with E-state index in [1.165, 1.54) is 5.56 Å². The first-order chi connectivity index (χ1) is 14.7. The average molecular weight is 411 g/mol. The van der Waals surface area contributed by atoms with Gasteiger partial charge in [-0.3, -0.25) is 4.79 Å². The van der Waals surface area contributed by atoms with Gasteiger partial charge in [0.15, 0.2) is 0 Å². The molecule has 3 nitrogen and oxygen atoms in total. The molecule has 0 unspecified atom stereocenters. The lowest BCUT2D eigenvalue weighted by molar-refractivity contribution is -0.116. The summed E-state index contributed by atoms with van der Waals surface area (Å²) in [5.74, 6) is -0.110. The molecule has 0 spiro atoms. The minimum Gasteiger partial charge on any atom is -0.348 e.